The lowest BCUT2D eigenvalue weighted by atomic mass is 9.90. The average molecular weight is 929 g/mol. The van der Waals surface area contributed by atoms with Gasteiger partial charge < -0.3 is 5.32 Å². The van der Waals surface area contributed by atoms with Gasteiger partial charge in [0.1, 0.15) is 23.1 Å². The summed E-state index contributed by atoms with van der Waals surface area (Å²) in [6, 6.07) is 20.4. The van der Waals surface area contributed by atoms with Crippen LogP contribution in [0.3, 0.4) is 0 Å². The van der Waals surface area contributed by atoms with Crippen LogP contribution in [0, 0.1) is 59.8 Å². The zero-order chi connectivity index (χ0) is 44.5. The fourth-order valence-corrected chi connectivity index (χ4v) is 10.5. The van der Waals surface area contributed by atoms with Crippen LogP contribution in [0.5, 0.6) is 0 Å². The number of thiazole rings is 2. The molecule has 314 valence electrons. The molecule has 16 heteroatoms. The molecule has 8 aromatic rings. The lowest BCUT2D eigenvalue weighted by molar-refractivity contribution is 0.559. The maximum Gasteiger partial charge on any atom is 0.213 e. The molecule has 62 heavy (non-hydrogen) atoms. The molecule has 0 unspecified atom stereocenters. The van der Waals surface area contributed by atoms with Crippen molar-refractivity contribution in [2.75, 3.05) is 10.2 Å². The number of nitriles is 1. The van der Waals surface area contributed by atoms with Gasteiger partial charge in [-0.3, -0.25) is 4.90 Å². The third-order valence-electron chi connectivity index (χ3n) is 10.7. The molecular weight excluding hydrogens is 885 g/mol. The van der Waals surface area contributed by atoms with Gasteiger partial charge in [-0.15, -0.1) is 60.7 Å². The number of azo groups is 1. The molecule has 0 saturated heterocycles. The Bertz CT molecular complexity index is 3200. The number of benzene rings is 4. The van der Waals surface area contributed by atoms with Crippen LogP contribution in [0.15, 0.2) is 84.4 Å². The quantitative estimate of drug-likeness (QED) is 0.0760. The molecule has 0 bridgehead atoms. The predicted molar refractivity (Wildman–Crippen MR) is 268 cm³/mol. The van der Waals surface area contributed by atoms with Crippen LogP contribution in [-0.2, 0) is 5.41 Å². The number of nitrogens with zero attached hydrogens (tertiary/aromatic N) is 9. The maximum absolute atomic E-state index is 10.7. The molecular formula is C46H44N10S6. The summed E-state index contributed by atoms with van der Waals surface area (Å²) in [7, 11) is 0. The summed E-state index contributed by atoms with van der Waals surface area (Å²) < 4.78 is 3.56. The Labute approximate surface area is 391 Å². The van der Waals surface area contributed by atoms with Gasteiger partial charge in [0, 0.05) is 30.7 Å². The molecule has 0 radical (unpaired) electrons. The molecule has 0 amide bonds. The molecule has 0 fully saturated rings. The molecule has 0 aliphatic rings. The predicted octanol–water partition coefficient (Wildman–Crippen LogP) is 14.6. The second-order valence-corrected chi connectivity index (χ2v) is 20.4. The maximum atomic E-state index is 10.7. The summed E-state index contributed by atoms with van der Waals surface area (Å²) in [5.74, 6) is 1.33. The molecule has 8 rings (SSSR count). The summed E-state index contributed by atoms with van der Waals surface area (Å²) >= 11 is 22.0. The monoisotopic (exact) mass is 928 g/mol. The first-order valence-electron chi connectivity index (χ1n) is 19.7. The summed E-state index contributed by atoms with van der Waals surface area (Å²) in [6.45, 7) is 20.4. The van der Waals surface area contributed by atoms with Crippen LogP contribution < -0.4 is 10.2 Å². The van der Waals surface area contributed by atoms with Crippen LogP contribution in [-0.4, -0.2) is 24.7 Å². The number of anilines is 5. The van der Waals surface area contributed by atoms with Crippen molar-refractivity contribution in [1.29, 1.82) is 5.26 Å². The fourth-order valence-electron chi connectivity index (χ4n) is 7.63. The van der Waals surface area contributed by atoms with E-state index in [0.717, 1.165) is 95.5 Å². The van der Waals surface area contributed by atoms with Crippen LogP contribution in [0.25, 0.3) is 25.6 Å². The van der Waals surface area contributed by atoms with Gasteiger partial charge in [0.15, 0.2) is 16.8 Å². The topological polar surface area (TPSA) is 120 Å². The Morgan fingerprint density at radius 1 is 0.710 bits per heavy atom. The van der Waals surface area contributed by atoms with Crippen molar-refractivity contribution in [2.45, 2.75) is 94.2 Å². The SMILES string of the molecule is Cc1cc(C)c(Nc2nc(N(c3nc4ccc(S)cc4s3)c3c(C)cc(C)c(S)c3C)cc(C)c2N=Nc2c(C#N)c(C(C)(C)C)nn2-c2nc3ccc(S)cc3s2)c(C)c1S. The number of aryl methyl sites for hydroxylation is 5. The normalized spacial score (nSPS) is 12.0. The first-order chi connectivity index (χ1) is 29.3. The number of nitrogens with one attached hydrogen (secondary N) is 1. The summed E-state index contributed by atoms with van der Waals surface area (Å²) in [5, 5.41) is 30.5. The van der Waals surface area contributed by atoms with E-state index in [2.05, 4.69) is 81.4 Å². The molecule has 4 aromatic carbocycles. The first kappa shape index (κ1) is 43.7. The average Bonchev–Trinajstić information content (AvgIpc) is 3.93. The molecule has 4 heterocycles. The minimum atomic E-state index is -0.482. The zero-order valence-electron chi connectivity index (χ0n) is 35.8. The van der Waals surface area contributed by atoms with Crippen molar-refractivity contribution in [3.63, 3.8) is 0 Å². The number of hydrogen-bond donors (Lipinski definition) is 5. The number of thiol groups is 4. The van der Waals surface area contributed by atoms with Gasteiger partial charge in [-0.2, -0.15) is 15.0 Å². The van der Waals surface area contributed by atoms with Gasteiger partial charge in [0.25, 0.3) is 0 Å². The van der Waals surface area contributed by atoms with E-state index in [9.17, 15) is 5.26 Å². The van der Waals surface area contributed by atoms with Crippen molar-refractivity contribution >= 4 is 133 Å². The second kappa shape index (κ2) is 16.7. The number of aromatic nitrogens is 5. The minimum Gasteiger partial charge on any atom is -0.338 e. The molecule has 1 N–H and O–H groups in total. The second-order valence-electron chi connectivity index (χ2n) is 16.5. The molecule has 0 atom stereocenters. The van der Waals surface area contributed by atoms with Crippen LogP contribution >= 0.6 is 73.2 Å². The van der Waals surface area contributed by atoms with Crippen molar-refractivity contribution in [2.24, 2.45) is 10.2 Å². The Kier molecular flexibility index (Phi) is 11.8. The van der Waals surface area contributed by atoms with Crippen LogP contribution in [0.1, 0.15) is 71.0 Å². The molecule has 0 aliphatic carbocycles. The van der Waals surface area contributed by atoms with E-state index >= 15 is 0 Å². The van der Waals surface area contributed by atoms with Gasteiger partial charge in [-0.1, -0.05) is 55.6 Å². The Hall–Kier alpha value is -4.89. The van der Waals surface area contributed by atoms with E-state index in [1.54, 1.807) is 16.0 Å². The van der Waals surface area contributed by atoms with E-state index in [-0.39, 0.29) is 5.82 Å². The van der Waals surface area contributed by atoms with Crippen LogP contribution in [0.2, 0.25) is 0 Å². The highest BCUT2D eigenvalue weighted by Crippen LogP contribution is 2.47. The first-order valence-corrected chi connectivity index (χ1v) is 23.1. The summed E-state index contributed by atoms with van der Waals surface area (Å²) in [6.07, 6.45) is 0. The van der Waals surface area contributed by atoms with E-state index in [0.29, 0.717) is 33.7 Å². The number of rotatable bonds is 8. The highest BCUT2D eigenvalue weighted by Gasteiger charge is 2.30. The van der Waals surface area contributed by atoms with E-state index in [4.69, 9.17) is 55.5 Å². The van der Waals surface area contributed by atoms with Gasteiger partial charge in [-0.05, 0) is 130 Å². The molecule has 0 saturated carbocycles. The summed E-state index contributed by atoms with van der Waals surface area (Å²) in [5.41, 5.74) is 11.3. The Morgan fingerprint density at radius 3 is 1.97 bits per heavy atom. The smallest absolute Gasteiger partial charge is 0.213 e. The Balaban J connectivity index is 1.38. The van der Waals surface area contributed by atoms with E-state index in [1.807, 2.05) is 84.0 Å². The van der Waals surface area contributed by atoms with Gasteiger partial charge in [0.05, 0.1) is 31.8 Å². The standard InChI is InChI=1S/C46H44N10S6/c1-21-15-24(4)39(59)26(6)36(21)51-42-37(52-53-43-30(20-47)41(46(8,9)10)54-56(43)45-49-32-14-12-29(58)19-34(32)62-45)22(2)17-35(50-42)55(38-23(3)16-25(5)40(60)27(38)7)44-48-31-13-11-28(57)18-33(31)61-44/h11-19,57-60H,1-10H3,(H,50,51). The third kappa shape index (κ3) is 7.99. The lowest BCUT2D eigenvalue weighted by Gasteiger charge is -2.27. The lowest BCUT2D eigenvalue weighted by Crippen LogP contribution is -2.16. The van der Waals surface area contributed by atoms with Crippen molar-refractivity contribution < 1.29 is 0 Å². The summed E-state index contributed by atoms with van der Waals surface area (Å²) in [4.78, 5) is 21.0. The molecule has 4 aromatic heterocycles. The van der Waals surface area contributed by atoms with Crippen molar-refractivity contribution in [1.82, 2.24) is 24.7 Å². The van der Waals surface area contributed by atoms with Crippen molar-refractivity contribution in [3.05, 3.63) is 105 Å². The molecule has 0 spiro atoms. The third-order valence-corrected chi connectivity index (χ3v) is 14.6. The van der Waals surface area contributed by atoms with Gasteiger partial charge in [0.2, 0.25) is 5.13 Å². The highest BCUT2D eigenvalue weighted by atomic mass is 32.1. The number of pyridine rings is 1. The zero-order valence-corrected chi connectivity index (χ0v) is 41.0. The highest BCUT2D eigenvalue weighted by molar-refractivity contribution is 7.81. The van der Waals surface area contributed by atoms with Gasteiger partial charge in [-0.25, -0.2) is 15.0 Å². The molecule has 10 nitrogen and oxygen atoms in total. The van der Waals surface area contributed by atoms with E-state index < -0.39 is 5.41 Å². The molecule has 0 aliphatic heterocycles. The fraction of sp³-hybridized carbons (Fsp3) is 0.239. The van der Waals surface area contributed by atoms with E-state index in [1.165, 1.54) is 11.3 Å². The van der Waals surface area contributed by atoms with Crippen molar-refractivity contribution in [3.8, 4) is 11.2 Å². The van der Waals surface area contributed by atoms with Crippen LogP contribution in [0.4, 0.5) is 39.6 Å². The minimum absolute atomic E-state index is 0.268. The Morgan fingerprint density at radius 2 is 1.32 bits per heavy atom. The number of fused-ring (bicyclic) bond motifs is 2. The van der Waals surface area contributed by atoms with Gasteiger partial charge >= 0.3 is 0 Å². The number of hydrogen-bond acceptors (Lipinski definition) is 15. The largest absolute Gasteiger partial charge is 0.338 e.